The van der Waals surface area contributed by atoms with Crippen molar-refractivity contribution in [3.8, 4) is 0 Å². The third-order valence-electron chi connectivity index (χ3n) is 3.03. The highest BCUT2D eigenvalue weighted by Gasteiger charge is 2.38. The molecule has 18 heavy (non-hydrogen) atoms. The lowest BCUT2D eigenvalue weighted by Crippen LogP contribution is -2.39. The van der Waals surface area contributed by atoms with Gasteiger partial charge in [-0.1, -0.05) is 12.1 Å². The molecule has 0 fully saturated rings. The Morgan fingerprint density at radius 1 is 1.44 bits per heavy atom. The molecule has 0 spiro atoms. The number of carbonyl (C=O) groups excluding carboxylic acids is 1. The molecule has 1 heterocycles. The summed E-state index contributed by atoms with van der Waals surface area (Å²) in [4.78, 5) is 11.7. The molecule has 98 valence electrons. The van der Waals surface area contributed by atoms with Gasteiger partial charge in [-0.15, -0.1) is 0 Å². The molecule has 0 bridgehead atoms. The Bertz CT molecular complexity index is 471. The predicted octanol–water partition coefficient (Wildman–Crippen LogP) is 1.75. The van der Waals surface area contributed by atoms with Crippen molar-refractivity contribution in [2.75, 3.05) is 20.1 Å². The molecule has 1 atom stereocenters. The van der Waals surface area contributed by atoms with Crippen molar-refractivity contribution in [2.45, 2.75) is 12.1 Å². The summed E-state index contributed by atoms with van der Waals surface area (Å²) in [5.41, 5.74) is -0.641. The largest absolute Gasteiger partial charge is 0.417 e. The van der Waals surface area contributed by atoms with Crippen LogP contribution in [0.3, 0.4) is 0 Å². The van der Waals surface area contributed by atoms with Crippen LogP contribution >= 0.6 is 0 Å². The molecule has 0 aromatic heterocycles. The molecular formula is C12H13F3N2O. The van der Waals surface area contributed by atoms with Crippen LogP contribution in [0.5, 0.6) is 0 Å². The summed E-state index contributed by atoms with van der Waals surface area (Å²) in [5.74, 6) is -0.782. The molecule has 0 radical (unpaired) electrons. The van der Waals surface area contributed by atoms with Crippen molar-refractivity contribution < 1.29 is 18.0 Å². The van der Waals surface area contributed by atoms with Crippen LogP contribution in [-0.4, -0.2) is 26.0 Å². The highest BCUT2D eigenvalue weighted by Crippen LogP contribution is 2.36. The fourth-order valence-corrected chi connectivity index (χ4v) is 2.24. The SMILES string of the molecule is CNCC1CNC(=O)c2c1cccc2C(F)(F)F. The van der Waals surface area contributed by atoms with Crippen molar-refractivity contribution in [3.05, 3.63) is 34.9 Å². The first-order valence-corrected chi connectivity index (χ1v) is 5.58. The number of likely N-dealkylation sites (N-methyl/N-ethyl adjacent to an activating group) is 1. The monoisotopic (exact) mass is 258 g/mol. The molecule has 2 N–H and O–H groups in total. The first-order valence-electron chi connectivity index (χ1n) is 5.58. The van der Waals surface area contributed by atoms with E-state index in [9.17, 15) is 18.0 Å². The number of hydrogen-bond donors (Lipinski definition) is 2. The van der Waals surface area contributed by atoms with Crippen LogP contribution in [0.1, 0.15) is 27.4 Å². The van der Waals surface area contributed by atoms with Crippen LogP contribution < -0.4 is 10.6 Å². The molecule has 6 heteroatoms. The third-order valence-corrected chi connectivity index (χ3v) is 3.03. The summed E-state index contributed by atoms with van der Waals surface area (Å²) in [7, 11) is 1.73. The van der Waals surface area contributed by atoms with E-state index in [0.717, 1.165) is 6.07 Å². The molecule has 0 aliphatic carbocycles. The van der Waals surface area contributed by atoms with E-state index in [0.29, 0.717) is 18.7 Å². The Kier molecular flexibility index (Phi) is 3.30. The van der Waals surface area contributed by atoms with Crippen molar-refractivity contribution in [1.82, 2.24) is 10.6 Å². The fraction of sp³-hybridized carbons (Fsp3) is 0.417. The van der Waals surface area contributed by atoms with E-state index in [1.807, 2.05) is 0 Å². The van der Waals surface area contributed by atoms with E-state index in [1.54, 1.807) is 13.1 Å². The molecule has 1 amide bonds. The van der Waals surface area contributed by atoms with Gasteiger partial charge in [0.1, 0.15) is 0 Å². The lowest BCUT2D eigenvalue weighted by atomic mass is 9.87. The van der Waals surface area contributed by atoms with Gasteiger partial charge in [0.15, 0.2) is 0 Å². The first-order chi connectivity index (χ1) is 8.45. The van der Waals surface area contributed by atoms with Gasteiger partial charge in [0, 0.05) is 19.0 Å². The van der Waals surface area contributed by atoms with Gasteiger partial charge in [0.2, 0.25) is 0 Å². The number of carbonyl (C=O) groups is 1. The maximum absolute atomic E-state index is 12.9. The van der Waals surface area contributed by atoms with E-state index in [2.05, 4.69) is 10.6 Å². The molecule has 2 rings (SSSR count). The number of halogens is 3. The number of amides is 1. The Labute approximate surface area is 102 Å². The van der Waals surface area contributed by atoms with Crippen LogP contribution in [0.25, 0.3) is 0 Å². The van der Waals surface area contributed by atoms with Crippen molar-refractivity contribution in [1.29, 1.82) is 0 Å². The summed E-state index contributed by atoms with van der Waals surface area (Å²) in [6.07, 6.45) is -4.51. The van der Waals surface area contributed by atoms with Gasteiger partial charge in [-0.3, -0.25) is 4.79 Å². The zero-order chi connectivity index (χ0) is 13.3. The number of hydrogen-bond acceptors (Lipinski definition) is 2. The van der Waals surface area contributed by atoms with Crippen molar-refractivity contribution in [2.24, 2.45) is 0 Å². The molecule has 0 saturated heterocycles. The molecule has 0 saturated carbocycles. The summed E-state index contributed by atoms with van der Waals surface area (Å²) >= 11 is 0. The minimum absolute atomic E-state index is 0.134. The lowest BCUT2D eigenvalue weighted by Gasteiger charge is -2.27. The van der Waals surface area contributed by atoms with Gasteiger partial charge in [0.05, 0.1) is 11.1 Å². The lowest BCUT2D eigenvalue weighted by molar-refractivity contribution is -0.138. The average molecular weight is 258 g/mol. The second-order valence-electron chi connectivity index (χ2n) is 4.23. The van der Waals surface area contributed by atoms with Gasteiger partial charge >= 0.3 is 6.18 Å². The Morgan fingerprint density at radius 2 is 2.17 bits per heavy atom. The second kappa shape index (κ2) is 4.61. The Balaban J connectivity index is 2.55. The van der Waals surface area contributed by atoms with Gasteiger partial charge in [-0.05, 0) is 18.7 Å². The van der Waals surface area contributed by atoms with Gasteiger partial charge < -0.3 is 10.6 Å². The zero-order valence-electron chi connectivity index (χ0n) is 9.77. The topological polar surface area (TPSA) is 41.1 Å². The zero-order valence-corrected chi connectivity index (χ0v) is 9.77. The maximum Gasteiger partial charge on any atom is 0.417 e. The second-order valence-corrected chi connectivity index (χ2v) is 4.23. The van der Waals surface area contributed by atoms with Gasteiger partial charge in [-0.25, -0.2) is 0 Å². The van der Waals surface area contributed by atoms with Crippen molar-refractivity contribution >= 4 is 5.91 Å². The van der Waals surface area contributed by atoms with E-state index < -0.39 is 17.6 Å². The van der Waals surface area contributed by atoms with Crippen LogP contribution in [0.2, 0.25) is 0 Å². The predicted molar refractivity (Wildman–Crippen MR) is 60.4 cm³/mol. The van der Waals surface area contributed by atoms with Crippen LogP contribution in [0, 0.1) is 0 Å². The summed E-state index contributed by atoms with van der Waals surface area (Å²) in [6.45, 7) is 0.878. The van der Waals surface area contributed by atoms with E-state index in [1.165, 1.54) is 6.07 Å². The average Bonchev–Trinajstić information content (AvgIpc) is 2.31. The molecule has 3 nitrogen and oxygen atoms in total. The highest BCUT2D eigenvalue weighted by molar-refractivity contribution is 5.98. The quantitative estimate of drug-likeness (QED) is 0.848. The van der Waals surface area contributed by atoms with Crippen LogP contribution in [-0.2, 0) is 6.18 Å². The van der Waals surface area contributed by atoms with E-state index in [4.69, 9.17) is 0 Å². The van der Waals surface area contributed by atoms with Crippen LogP contribution in [0.15, 0.2) is 18.2 Å². The number of nitrogens with one attached hydrogen (secondary N) is 2. The molecule has 1 aromatic carbocycles. The normalized spacial score (nSPS) is 19.3. The van der Waals surface area contributed by atoms with Gasteiger partial charge in [-0.2, -0.15) is 13.2 Å². The molecule has 1 aliphatic rings. The highest BCUT2D eigenvalue weighted by atomic mass is 19.4. The van der Waals surface area contributed by atoms with Gasteiger partial charge in [0.25, 0.3) is 5.91 Å². The number of alkyl halides is 3. The molecule has 1 unspecified atom stereocenters. The molecular weight excluding hydrogens is 245 g/mol. The maximum atomic E-state index is 12.9. The van der Waals surface area contributed by atoms with Crippen LogP contribution in [0.4, 0.5) is 13.2 Å². The smallest absolute Gasteiger partial charge is 0.351 e. The first kappa shape index (κ1) is 12.9. The fourth-order valence-electron chi connectivity index (χ4n) is 2.24. The minimum atomic E-state index is -4.51. The van der Waals surface area contributed by atoms with Crippen molar-refractivity contribution in [3.63, 3.8) is 0 Å². The summed E-state index contributed by atoms with van der Waals surface area (Å²) in [6, 6.07) is 3.88. The number of rotatable bonds is 2. The standard InChI is InChI=1S/C12H13F3N2O/c1-16-5-7-6-17-11(18)10-8(7)3-2-4-9(10)12(13,14)15/h2-4,7,16H,5-6H2,1H3,(H,17,18). The number of benzene rings is 1. The molecule has 1 aromatic rings. The minimum Gasteiger partial charge on any atom is -0.351 e. The number of fused-ring (bicyclic) bond motifs is 1. The molecule has 1 aliphatic heterocycles. The van der Waals surface area contributed by atoms with E-state index >= 15 is 0 Å². The Morgan fingerprint density at radius 3 is 2.78 bits per heavy atom. The summed E-state index contributed by atoms with van der Waals surface area (Å²) in [5, 5.41) is 5.43. The van der Waals surface area contributed by atoms with E-state index in [-0.39, 0.29) is 11.5 Å². The third kappa shape index (κ3) is 2.20. The Hall–Kier alpha value is -1.56. The summed E-state index contributed by atoms with van der Waals surface area (Å²) < 4.78 is 38.6.